The van der Waals surface area contributed by atoms with Crippen molar-refractivity contribution in [2.75, 3.05) is 13.1 Å². The van der Waals surface area contributed by atoms with Gasteiger partial charge in [-0.05, 0) is 35.2 Å². The smallest absolute Gasteiger partial charge is 0.358 e. The molecule has 0 saturated heterocycles. The van der Waals surface area contributed by atoms with E-state index in [1.54, 1.807) is 18.7 Å². The molecule has 0 N–H and O–H groups in total. The summed E-state index contributed by atoms with van der Waals surface area (Å²) < 4.78 is 0. The van der Waals surface area contributed by atoms with Crippen LogP contribution in [0.3, 0.4) is 0 Å². The van der Waals surface area contributed by atoms with Crippen LogP contribution in [0, 0.1) is 24.0 Å². The van der Waals surface area contributed by atoms with Gasteiger partial charge >= 0.3 is 5.82 Å². The summed E-state index contributed by atoms with van der Waals surface area (Å²) in [5, 5.41) is 10.8. The predicted octanol–water partition coefficient (Wildman–Crippen LogP) is 2.87. The van der Waals surface area contributed by atoms with Gasteiger partial charge in [-0.3, -0.25) is 4.79 Å². The molecule has 0 atom stereocenters. The van der Waals surface area contributed by atoms with Gasteiger partial charge in [0.25, 0.3) is 5.91 Å². The Morgan fingerprint density at radius 1 is 1.30 bits per heavy atom. The first-order valence-corrected chi connectivity index (χ1v) is 6.84. The number of aromatic nitrogens is 1. The third-order valence-electron chi connectivity index (χ3n) is 3.06. The lowest BCUT2D eigenvalue weighted by atomic mass is 10.1. The van der Waals surface area contributed by atoms with Gasteiger partial charge in [0.2, 0.25) is 0 Å². The minimum absolute atomic E-state index is 0.0916. The van der Waals surface area contributed by atoms with Gasteiger partial charge < -0.3 is 15.0 Å². The van der Waals surface area contributed by atoms with Crippen molar-refractivity contribution < 1.29 is 9.72 Å². The highest BCUT2D eigenvalue weighted by Crippen LogP contribution is 2.20. The minimum Gasteiger partial charge on any atom is -0.358 e. The zero-order valence-electron chi connectivity index (χ0n) is 12.5. The number of pyridine rings is 1. The van der Waals surface area contributed by atoms with Crippen molar-refractivity contribution in [1.82, 2.24) is 9.88 Å². The molecule has 0 unspecified atom stereocenters. The molecule has 1 aromatic rings. The van der Waals surface area contributed by atoms with Gasteiger partial charge in [0.05, 0.1) is 5.56 Å². The Morgan fingerprint density at radius 3 is 2.25 bits per heavy atom. The van der Waals surface area contributed by atoms with E-state index in [0.717, 1.165) is 12.8 Å². The minimum atomic E-state index is -0.538. The number of aryl methyl sites for hydroxylation is 2. The average Bonchev–Trinajstić information content (AvgIpc) is 2.37. The normalized spacial score (nSPS) is 10.4. The summed E-state index contributed by atoms with van der Waals surface area (Å²) >= 11 is 0. The maximum Gasteiger partial charge on any atom is 0.363 e. The SMILES string of the molecule is CCCN(CCC)C(=O)c1c(C)cc([N+](=O)[O-])nc1C. The zero-order valence-corrected chi connectivity index (χ0v) is 12.5. The summed E-state index contributed by atoms with van der Waals surface area (Å²) in [5.41, 5.74) is 1.50. The van der Waals surface area contributed by atoms with Crippen molar-refractivity contribution >= 4 is 11.7 Å². The molecule has 6 nitrogen and oxygen atoms in total. The van der Waals surface area contributed by atoms with E-state index in [4.69, 9.17) is 0 Å². The van der Waals surface area contributed by atoms with Crippen LogP contribution in [0.15, 0.2) is 6.07 Å². The van der Waals surface area contributed by atoms with E-state index in [1.807, 2.05) is 13.8 Å². The molecule has 0 bridgehead atoms. The largest absolute Gasteiger partial charge is 0.363 e. The van der Waals surface area contributed by atoms with E-state index in [0.29, 0.717) is 29.9 Å². The van der Waals surface area contributed by atoms with Crippen LogP contribution in [0.5, 0.6) is 0 Å². The highest BCUT2D eigenvalue weighted by molar-refractivity contribution is 5.96. The van der Waals surface area contributed by atoms with Crippen LogP contribution >= 0.6 is 0 Å². The second-order valence-electron chi connectivity index (χ2n) is 4.81. The van der Waals surface area contributed by atoms with Gasteiger partial charge in [-0.2, -0.15) is 0 Å². The number of carbonyl (C=O) groups is 1. The van der Waals surface area contributed by atoms with Crippen molar-refractivity contribution in [3.8, 4) is 0 Å². The second-order valence-corrected chi connectivity index (χ2v) is 4.81. The quantitative estimate of drug-likeness (QED) is 0.592. The Morgan fingerprint density at radius 2 is 1.85 bits per heavy atom. The summed E-state index contributed by atoms with van der Waals surface area (Å²) in [5.74, 6) is -0.305. The summed E-state index contributed by atoms with van der Waals surface area (Å²) in [7, 11) is 0. The molecule has 0 aliphatic carbocycles. The number of hydrogen-bond acceptors (Lipinski definition) is 4. The van der Waals surface area contributed by atoms with E-state index in [-0.39, 0.29) is 11.7 Å². The predicted molar refractivity (Wildman–Crippen MR) is 76.9 cm³/mol. The van der Waals surface area contributed by atoms with Crippen molar-refractivity contribution in [1.29, 1.82) is 0 Å². The maximum atomic E-state index is 12.6. The molecule has 20 heavy (non-hydrogen) atoms. The molecule has 0 aliphatic heterocycles. The Labute approximate surface area is 119 Å². The van der Waals surface area contributed by atoms with Gasteiger partial charge in [0, 0.05) is 26.1 Å². The zero-order chi connectivity index (χ0) is 15.3. The van der Waals surface area contributed by atoms with Crippen LogP contribution in [-0.2, 0) is 0 Å². The van der Waals surface area contributed by atoms with Crippen LogP contribution < -0.4 is 0 Å². The lowest BCUT2D eigenvalue weighted by molar-refractivity contribution is -0.389. The van der Waals surface area contributed by atoms with Crippen LogP contribution in [0.1, 0.15) is 48.3 Å². The standard InChI is InChI=1S/C14H21N3O3/c1-5-7-16(8-6-2)14(18)13-10(3)9-12(17(19)20)15-11(13)4/h9H,5-8H2,1-4H3. The van der Waals surface area contributed by atoms with E-state index < -0.39 is 4.92 Å². The van der Waals surface area contributed by atoms with Crippen LogP contribution in [0.25, 0.3) is 0 Å². The first-order chi connectivity index (χ1) is 9.42. The number of hydrogen-bond donors (Lipinski definition) is 0. The topological polar surface area (TPSA) is 76.3 Å². The van der Waals surface area contributed by atoms with Crippen molar-refractivity contribution in [2.24, 2.45) is 0 Å². The molecule has 6 heteroatoms. The van der Waals surface area contributed by atoms with Gasteiger partial charge in [0.15, 0.2) is 5.69 Å². The number of nitrogens with zero attached hydrogens (tertiary/aromatic N) is 3. The third kappa shape index (κ3) is 3.53. The fraction of sp³-hybridized carbons (Fsp3) is 0.571. The lowest BCUT2D eigenvalue weighted by Gasteiger charge is -2.22. The molecule has 0 spiro atoms. The number of amides is 1. The molecule has 1 rings (SSSR count). The monoisotopic (exact) mass is 279 g/mol. The molecule has 0 aromatic carbocycles. The van der Waals surface area contributed by atoms with Crippen LogP contribution in [0.2, 0.25) is 0 Å². The molecule has 0 aliphatic rings. The molecule has 0 fully saturated rings. The first-order valence-electron chi connectivity index (χ1n) is 6.84. The van der Waals surface area contributed by atoms with Crippen LogP contribution in [0.4, 0.5) is 5.82 Å². The van der Waals surface area contributed by atoms with E-state index in [1.165, 1.54) is 6.07 Å². The maximum absolute atomic E-state index is 12.6. The fourth-order valence-electron chi connectivity index (χ4n) is 2.24. The lowest BCUT2D eigenvalue weighted by Crippen LogP contribution is -2.33. The van der Waals surface area contributed by atoms with Crippen molar-refractivity contribution in [3.63, 3.8) is 0 Å². The molecule has 1 aromatic heterocycles. The second kappa shape index (κ2) is 6.98. The third-order valence-corrected chi connectivity index (χ3v) is 3.06. The fourth-order valence-corrected chi connectivity index (χ4v) is 2.24. The molecule has 110 valence electrons. The summed E-state index contributed by atoms with van der Waals surface area (Å²) in [4.78, 5) is 28.5. The summed E-state index contributed by atoms with van der Waals surface area (Å²) in [6.07, 6.45) is 1.76. The van der Waals surface area contributed by atoms with Crippen LogP contribution in [-0.4, -0.2) is 33.8 Å². The van der Waals surface area contributed by atoms with E-state index >= 15 is 0 Å². The van der Waals surface area contributed by atoms with Crippen molar-refractivity contribution in [3.05, 3.63) is 33.0 Å². The number of rotatable bonds is 6. The Balaban J connectivity index is 3.18. The number of carbonyl (C=O) groups excluding carboxylic acids is 1. The van der Waals surface area contributed by atoms with Gasteiger partial charge in [-0.15, -0.1) is 0 Å². The average molecular weight is 279 g/mol. The molecular weight excluding hydrogens is 258 g/mol. The molecule has 0 saturated carbocycles. The highest BCUT2D eigenvalue weighted by atomic mass is 16.6. The van der Waals surface area contributed by atoms with Gasteiger partial charge in [-0.25, -0.2) is 0 Å². The highest BCUT2D eigenvalue weighted by Gasteiger charge is 2.24. The van der Waals surface area contributed by atoms with Gasteiger partial charge in [-0.1, -0.05) is 13.8 Å². The summed E-state index contributed by atoms with van der Waals surface area (Å²) in [6, 6.07) is 1.36. The first kappa shape index (κ1) is 16.1. The van der Waals surface area contributed by atoms with Crippen molar-refractivity contribution in [2.45, 2.75) is 40.5 Å². The Kier molecular flexibility index (Phi) is 5.61. The number of nitro groups is 1. The Hall–Kier alpha value is -1.98. The molecule has 0 radical (unpaired) electrons. The molecule has 1 heterocycles. The van der Waals surface area contributed by atoms with E-state index in [9.17, 15) is 14.9 Å². The summed E-state index contributed by atoms with van der Waals surface area (Å²) in [6.45, 7) is 8.76. The van der Waals surface area contributed by atoms with E-state index in [2.05, 4.69) is 4.98 Å². The Bertz CT molecular complexity index is 485. The molecule has 1 amide bonds. The molecular formula is C14H21N3O3. The van der Waals surface area contributed by atoms with Gasteiger partial charge in [0.1, 0.15) is 0 Å².